The van der Waals surface area contributed by atoms with Crippen LogP contribution in [0.1, 0.15) is 67.2 Å². The Morgan fingerprint density at radius 2 is 1.72 bits per heavy atom. The zero-order chi connectivity index (χ0) is 22.7. The van der Waals surface area contributed by atoms with Crippen LogP contribution >= 0.6 is 0 Å². The van der Waals surface area contributed by atoms with Crippen molar-refractivity contribution in [2.75, 3.05) is 19.4 Å². The van der Waals surface area contributed by atoms with Crippen LogP contribution in [0.4, 0.5) is 4.79 Å². The van der Waals surface area contributed by atoms with Crippen LogP contribution in [-0.2, 0) is 23.5 Å². The summed E-state index contributed by atoms with van der Waals surface area (Å²) in [5, 5.41) is 0.0607. The molecule has 1 aliphatic rings. The lowest BCUT2D eigenvalue weighted by molar-refractivity contribution is -0.0223. The summed E-state index contributed by atoms with van der Waals surface area (Å²) in [6.45, 7) is 17.3. The average Bonchev–Trinajstić information content (AvgIpc) is 2.48. The fourth-order valence-corrected chi connectivity index (χ4v) is 4.91. The van der Waals surface area contributed by atoms with E-state index in [1.807, 2.05) is 20.8 Å². The highest BCUT2D eigenvalue weighted by molar-refractivity contribution is 7.85. The third-order valence-electron chi connectivity index (χ3n) is 5.54. The first kappa shape index (κ1) is 26.4. The van der Waals surface area contributed by atoms with Gasteiger partial charge in [0.15, 0.2) is 8.32 Å². The van der Waals surface area contributed by atoms with Crippen molar-refractivity contribution in [3.05, 3.63) is 0 Å². The summed E-state index contributed by atoms with van der Waals surface area (Å²) in [7, 11) is -5.50. The number of amides is 1. The van der Waals surface area contributed by atoms with Gasteiger partial charge in [0.2, 0.25) is 0 Å². The van der Waals surface area contributed by atoms with Crippen molar-refractivity contribution in [3.8, 4) is 0 Å². The molecule has 0 bridgehead atoms. The Hall–Kier alpha value is -0.643. The van der Waals surface area contributed by atoms with Crippen molar-refractivity contribution >= 4 is 24.5 Å². The lowest BCUT2D eigenvalue weighted by Gasteiger charge is -2.46. The van der Waals surface area contributed by atoms with Crippen LogP contribution in [-0.4, -0.2) is 64.9 Å². The summed E-state index contributed by atoms with van der Waals surface area (Å²) >= 11 is 0. The van der Waals surface area contributed by atoms with E-state index in [0.29, 0.717) is 19.4 Å². The summed E-state index contributed by atoms with van der Waals surface area (Å²) in [5.74, 6) is 0. The van der Waals surface area contributed by atoms with Gasteiger partial charge in [0.25, 0.3) is 10.1 Å². The maximum atomic E-state index is 12.9. The summed E-state index contributed by atoms with van der Waals surface area (Å²) < 4.78 is 39.7. The van der Waals surface area contributed by atoms with E-state index in [0.717, 1.165) is 19.1 Å². The van der Waals surface area contributed by atoms with Gasteiger partial charge < -0.3 is 14.1 Å². The maximum Gasteiger partial charge on any atom is 0.410 e. The summed E-state index contributed by atoms with van der Waals surface area (Å²) in [5.41, 5.74) is -0.575. The number of likely N-dealkylation sites (tertiary alicyclic amines) is 1. The molecule has 7 nitrogen and oxygen atoms in total. The molecule has 2 atom stereocenters. The molecule has 1 amide bonds. The Labute approximate surface area is 178 Å². The van der Waals surface area contributed by atoms with Crippen molar-refractivity contribution in [1.29, 1.82) is 0 Å². The third-order valence-corrected chi connectivity index (χ3v) is 10.6. The van der Waals surface area contributed by atoms with E-state index >= 15 is 0 Å². The van der Waals surface area contributed by atoms with Crippen LogP contribution in [0.5, 0.6) is 0 Å². The minimum atomic E-state index is -3.47. The van der Waals surface area contributed by atoms with E-state index in [1.165, 1.54) is 0 Å². The van der Waals surface area contributed by atoms with Crippen LogP contribution in [0.25, 0.3) is 0 Å². The molecular weight excluding hydrogens is 410 g/mol. The molecule has 0 saturated carbocycles. The van der Waals surface area contributed by atoms with Gasteiger partial charge in [-0.05, 0) is 64.6 Å². The second-order valence-electron chi connectivity index (χ2n) is 10.5. The normalized spacial score (nSPS) is 21.9. The highest BCUT2D eigenvalue weighted by Gasteiger charge is 2.44. The molecule has 0 unspecified atom stereocenters. The van der Waals surface area contributed by atoms with Gasteiger partial charge in [-0.1, -0.05) is 20.8 Å². The van der Waals surface area contributed by atoms with Gasteiger partial charge in [-0.3, -0.25) is 4.18 Å². The first-order valence-electron chi connectivity index (χ1n) is 10.4. The summed E-state index contributed by atoms with van der Waals surface area (Å²) in [6, 6.07) is -0.157. The SMILES string of the molecule is CC(C)(C)OC(=O)N1CCC[C@H](O[Si](C)(C)C(C)(C)C)[C@H]1CCCOS(C)(=O)=O. The number of rotatable bonds is 7. The van der Waals surface area contributed by atoms with Gasteiger partial charge in [-0.15, -0.1) is 0 Å². The fourth-order valence-electron chi connectivity index (χ4n) is 3.11. The van der Waals surface area contributed by atoms with Gasteiger partial charge >= 0.3 is 6.09 Å². The van der Waals surface area contributed by atoms with Gasteiger partial charge in [-0.25, -0.2) is 4.79 Å². The lowest BCUT2D eigenvalue weighted by Crippen LogP contribution is -2.56. The van der Waals surface area contributed by atoms with Crippen LogP contribution in [0.3, 0.4) is 0 Å². The standard InChI is InChI=1S/C20H41NO6SSi/c1-19(2,3)26-18(22)21-14-10-13-17(27-29(8,9)20(4,5)6)16(21)12-11-15-25-28(7,23)24/h16-17H,10-15H2,1-9H3/t16-,17+/m1/s1. The fraction of sp³-hybridized carbons (Fsp3) is 0.950. The predicted molar refractivity (Wildman–Crippen MR) is 118 cm³/mol. The molecule has 0 spiro atoms. The number of nitrogens with zero attached hydrogens (tertiary/aromatic N) is 1. The zero-order valence-electron chi connectivity index (χ0n) is 19.7. The lowest BCUT2D eigenvalue weighted by atomic mass is 9.95. The molecule has 1 aliphatic heterocycles. The molecule has 29 heavy (non-hydrogen) atoms. The molecule has 172 valence electrons. The van der Waals surface area contributed by atoms with Crippen LogP contribution in [0.15, 0.2) is 0 Å². The van der Waals surface area contributed by atoms with Gasteiger partial charge in [0, 0.05) is 6.54 Å². The largest absolute Gasteiger partial charge is 0.444 e. The molecule has 0 aliphatic carbocycles. The van der Waals surface area contributed by atoms with Crippen molar-refractivity contribution in [1.82, 2.24) is 4.90 Å². The molecule has 9 heteroatoms. The van der Waals surface area contributed by atoms with Crippen LogP contribution < -0.4 is 0 Å². The van der Waals surface area contributed by atoms with Crippen molar-refractivity contribution < 1.29 is 26.6 Å². The van der Waals surface area contributed by atoms with Crippen molar-refractivity contribution in [2.45, 2.75) is 103 Å². The highest BCUT2D eigenvalue weighted by atomic mass is 32.2. The Bertz CT molecular complexity index is 651. The maximum absolute atomic E-state index is 12.9. The molecule has 0 aromatic carbocycles. The molecule has 1 heterocycles. The molecule has 0 radical (unpaired) electrons. The third kappa shape index (κ3) is 8.94. The minimum absolute atomic E-state index is 0.0607. The quantitative estimate of drug-likeness (QED) is 0.321. The van der Waals surface area contributed by atoms with Gasteiger partial charge in [-0.2, -0.15) is 8.42 Å². The van der Waals surface area contributed by atoms with E-state index < -0.39 is 24.0 Å². The second-order valence-corrected chi connectivity index (χ2v) is 16.9. The van der Waals surface area contributed by atoms with Gasteiger partial charge in [0.1, 0.15) is 5.60 Å². The first-order chi connectivity index (χ1) is 12.9. The summed E-state index contributed by atoms with van der Waals surface area (Å²) in [6.07, 6.45) is 3.48. The number of ether oxygens (including phenoxy) is 1. The van der Waals surface area contributed by atoms with E-state index in [-0.39, 0.29) is 29.9 Å². The van der Waals surface area contributed by atoms with Gasteiger partial charge in [0.05, 0.1) is 25.0 Å². The molecule has 0 aromatic heterocycles. The number of carbonyl (C=O) groups is 1. The molecule has 0 aromatic rings. The second kappa shape index (κ2) is 9.66. The van der Waals surface area contributed by atoms with E-state index in [1.54, 1.807) is 4.90 Å². The van der Waals surface area contributed by atoms with E-state index in [2.05, 4.69) is 33.9 Å². The number of carbonyl (C=O) groups excluding carboxylic acids is 1. The monoisotopic (exact) mass is 451 g/mol. The van der Waals surface area contributed by atoms with E-state index in [9.17, 15) is 13.2 Å². The molecule has 0 N–H and O–H groups in total. The Balaban J connectivity index is 2.99. The van der Waals surface area contributed by atoms with Crippen LogP contribution in [0, 0.1) is 0 Å². The zero-order valence-corrected chi connectivity index (χ0v) is 21.5. The number of hydrogen-bond acceptors (Lipinski definition) is 6. The molecule has 1 fully saturated rings. The van der Waals surface area contributed by atoms with E-state index in [4.69, 9.17) is 13.3 Å². The number of hydrogen-bond donors (Lipinski definition) is 0. The molecule has 1 rings (SSSR count). The predicted octanol–water partition coefficient (Wildman–Crippen LogP) is 4.53. The first-order valence-corrected chi connectivity index (χ1v) is 15.2. The average molecular weight is 452 g/mol. The topological polar surface area (TPSA) is 82.1 Å². The number of piperidine rings is 1. The van der Waals surface area contributed by atoms with Crippen molar-refractivity contribution in [2.24, 2.45) is 0 Å². The smallest absolute Gasteiger partial charge is 0.410 e. The Kier molecular flexibility index (Phi) is 8.79. The Morgan fingerprint density at radius 3 is 2.21 bits per heavy atom. The van der Waals surface area contributed by atoms with Crippen molar-refractivity contribution in [3.63, 3.8) is 0 Å². The highest BCUT2D eigenvalue weighted by Crippen LogP contribution is 2.39. The molecule has 1 saturated heterocycles. The summed E-state index contributed by atoms with van der Waals surface area (Å²) in [4.78, 5) is 14.6. The Morgan fingerprint density at radius 1 is 1.14 bits per heavy atom. The molecular formula is C20H41NO6SSi. The minimum Gasteiger partial charge on any atom is -0.444 e. The van der Waals surface area contributed by atoms with Crippen LogP contribution in [0.2, 0.25) is 18.1 Å².